The van der Waals surface area contributed by atoms with Crippen LogP contribution in [0.3, 0.4) is 0 Å². The molecule has 0 radical (unpaired) electrons. The second-order valence-electron chi connectivity index (χ2n) is 5.90. The lowest BCUT2D eigenvalue weighted by atomic mass is 9.98. The van der Waals surface area contributed by atoms with Gasteiger partial charge in [0.25, 0.3) is 0 Å². The van der Waals surface area contributed by atoms with E-state index in [1.807, 2.05) is 11.0 Å². The Morgan fingerprint density at radius 3 is 2.70 bits per heavy atom. The normalized spacial score (nSPS) is 15.5. The summed E-state index contributed by atoms with van der Waals surface area (Å²) in [5, 5.41) is 0.435. The van der Waals surface area contributed by atoms with Gasteiger partial charge in [0.2, 0.25) is 0 Å². The van der Waals surface area contributed by atoms with E-state index in [9.17, 15) is 8.78 Å². The molecule has 0 saturated heterocycles. The molecule has 2 aromatic carbocycles. The molecule has 138 valence electrons. The van der Waals surface area contributed by atoms with Crippen LogP contribution in [-0.2, 0) is 0 Å². The summed E-state index contributed by atoms with van der Waals surface area (Å²) in [5.41, 5.74) is 0.748. The number of amidine groups is 1. The first-order valence-corrected chi connectivity index (χ1v) is 8.83. The van der Waals surface area contributed by atoms with Crippen molar-refractivity contribution in [2.24, 2.45) is 9.98 Å². The van der Waals surface area contributed by atoms with Crippen molar-refractivity contribution in [1.29, 1.82) is 0 Å². The van der Waals surface area contributed by atoms with E-state index >= 15 is 0 Å². The first kappa shape index (κ1) is 17.9. The van der Waals surface area contributed by atoms with Gasteiger partial charge in [-0.05, 0) is 30.3 Å². The van der Waals surface area contributed by atoms with Gasteiger partial charge in [0.15, 0.2) is 11.6 Å². The maximum Gasteiger partial charge on any atom is 0.177 e. The smallest absolute Gasteiger partial charge is 0.177 e. The van der Waals surface area contributed by atoms with Crippen molar-refractivity contribution in [1.82, 2.24) is 0 Å². The average molecular weight is 408 g/mol. The number of halogens is 4. The second kappa shape index (κ2) is 6.94. The molecule has 0 saturated carbocycles. The highest BCUT2D eigenvalue weighted by Gasteiger charge is 2.31. The lowest BCUT2D eigenvalue weighted by Crippen LogP contribution is -2.34. The van der Waals surface area contributed by atoms with Gasteiger partial charge in [-0.25, -0.2) is 13.8 Å². The van der Waals surface area contributed by atoms with Gasteiger partial charge in [0.05, 0.1) is 40.7 Å². The highest BCUT2D eigenvalue weighted by atomic mass is 35.5. The largest absolute Gasteiger partial charge is 0.494 e. The van der Waals surface area contributed by atoms with E-state index in [2.05, 4.69) is 9.98 Å². The maximum absolute atomic E-state index is 15.0. The highest BCUT2D eigenvalue weighted by molar-refractivity contribution is 6.45. The van der Waals surface area contributed by atoms with Gasteiger partial charge in [-0.2, -0.15) is 0 Å². The van der Waals surface area contributed by atoms with Crippen molar-refractivity contribution in [2.75, 3.05) is 25.1 Å². The molecular formula is C19H13Cl2F2N3O. The minimum Gasteiger partial charge on any atom is -0.494 e. The number of fused-ring (bicyclic) bond motifs is 3. The molecule has 2 aliphatic rings. The van der Waals surface area contributed by atoms with E-state index < -0.39 is 11.6 Å². The first-order valence-electron chi connectivity index (χ1n) is 8.07. The fourth-order valence-electron chi connectivity index (χ4n) is 3.16. The molecule has 0 atom stereocenters. The number of methoxy groups -OCH3 is 1. The van der Waals surface area contributed by atoms with Gasteiger partial charge in [-0.1, -0.05) is 23.2 Å². The molecule has 0 aromatic heterocycles. The number of ether oxygens (including phenoxy) is 1. The number of rotatable bonds is 2. The van der Waals surface area contributed by atoms with Gasteiger partial charge in [0, 0.05) is 18.3 Å². The lowest BCUT2D eigenvalue weighted by molar-refractivity contribution is 0.383. The monoisotopic (exact) mass is 407 g/mol. The van der Waals surface area contributed by atoms with Crippen LogP contribution in [0.4, 0.5) is 14.5 Å². The van der Waals surface area contributed by atoms with Crippen molar-refractivity contribution >= 4 is 40.4 Å². The number of hydrogen-bond acceptors (Lipinski definition) is 4. The quantitative estimate of drug-likeness (QED) is 0.712. The van der Waals surface area contributed by atoms with E-state index in [1.165, 1.54) is 13.2 Å². The number of aliphatic imine (C=N–C) groups is 2. The van der Waals surface area contributed by atoms with Crippen molar-refractivity contribution in [2.45, 2.75) is 0 Å². The molecule has 2 heterocycles. The van der Waals surface area contributed by atoms with Crippen LogP contribution in [0.15, 0.2) is 46.5 Å². The molecule has 2 aliphatic heterocycles. The van der Waals surface area contributed by atoms with Crippen molar-refractivity contribution in [3.8, 4) is 5.75 Å². The first-order chi connectivity index (χ1) is 13.0. The second-order valence-corrected chi connectivity index (χ2v) is 6.68. The third kappa shape index (κ3) is 2.89. The summed E-state index contributed by atoms with van der Waals surface area (Å²) < 4.78 is 34.6. The third-order valence-corrected chi connectivity index (χ3v) is 5.22. The van der Waals surface area contributed by atoms with E-state index in [1.54, 1.807) is 18.3 Å². The van der Waals surface area contributed by atoms with Gasteiger partial charge >= 0.3 is 0 Å². The lowest BCUT2D eigenvalue weighted by Gasteiger charge is -2.27. The van der Waals surface area contributed by atoms with Crippen molar-refractivity contribution < 1.29 is 13.5 Å². The summed E-state index contributed by atoms with van der Waals surface area (Å²) in [6, 6.07) is 5.74. The van der Waals surface area contributed by atoms with E-state index in [0.29, 0.717) is 23.6 Å². The molecule has 27 heavy (non-hydrogen) atoms. The Bertz CT molecular complexity index is 1030. The molecule has 0 spiro atoms. The van der Waals surface area contributed by atoms with E-state index in [-0.39, 0.29) is 33.6 Å². The summed E-state index contributed by atoms with van der Waals surface area (Å²) in [6.45, 7) is 0.675. The Balaban J connectivity index is 2.04. The Morgan fingerprint density at radius 1 is 1.11 bits per heavy atom. The third-order valence-electron chi connectivity index (χ3n) is 4.42. The Kier molecular flexibility index (Phi) is 4.61. The Labute approximate surface area is 164 Å². The van der Waals surface area contributed by atoms with Crippen molar-refractivity contribution in [3.05, 3.63) is 69.3 Å². The van der Waals surface area contributed by atoms with Crippen LogP contribution in [0, 0.1) is 11.6 Å². The summed E-state index contributed by atoms with van der Waals surface area (Å²) in [5.74, 6) is -1.06. The predicted octanol–water partition coefficient (Wildman–Crippen LogP) is 4.86. The van der Waals surface area contributed by atoms with E-state index in [0.717, 1.165) is 6.07 Å². The van der Waals surface area contributed by atoms with Gasteiger partial charge in [-0.3, -0.25) is 4.99 Å². The number of anilines is 1. The SMILES string of the molecule is COc1ccc(F)c(C2=NCC3=NC=CCN3c3ccc(Cl)c(Cl)c32)c1F. The summed E-state index contributed by atoms with van der Waals surface area (Å²) >= 11 is 12.7. The topological polar surface area (TPSA) is 37.2 Å². The molecule has 4 nitrogen and oxygen atoms in total. The minimum atomic E-state index is -0.849. The Morgan fingerprint density at radius 2 is 1.93 bits per heavy atom. The van der Waals surface area contributed by atoms with Crippen LogP contribution in [0.5, 0.6) is 5.75 Å². The zero-order chi connectivity index (χ0) is 19.1. The molecule has 2 aromatic rings. The van der Waals surface area contributed by atoms with E-state index in [4.69, 9.17) is 27.9 Å². The molecule has 0 aliphatic carbocycles. The zero-order valence-corrected chi connectivity index (χ0v) is 15.7. The van der Waals surface area contributed by atoms with Crippen LogP contribution in [0.1, 0.15) is 11.1 Å². The molecule has 0 fully saturated rings. The molecule has 4 rings (SSSR count). The minimum absolute atomic E-state index is 0.0727. The van der Waals surface area contributed by atoms with Gasteiger partial charge in [0.1, 0.15) is 11.7 Å². The zero-order valence-electron chi connectivity index (χ0n) is 14.1. The van der Waals surface area contributed by atoms with Crippen LogP contribution >= 0.6 is 23.2 Å². The summed E-state index contributed by atoms with van der Waals surface area (Å²) in [7, 11) is 1.31. The Hall–Kier alpha value is -2.44. The molecule has 0 unspecified atom stereocenters. The average Bonchev–Trinajstić information content (AvgIpc) is 2.83. The predicted molar refractivity (Wildman–Crippen MR) is 104 cm³/mol. The molecule has 0 N–H and O–H groups in total. The van der Waals surface area contributed by atoms with Gasteiger partial charge < -0.3 is 9.64 Å². The highest BCUT2D eigenvalue weighted by Crippen LogP contribution is 2.39. The van der Waals surface area contributed by atoms with Crippen LogP contribution < -0.4 is 9.64 Å². The van der Waals surface area contributed by atoms with Crippen molar-refractivity contribution in [3.63, 3.8) is 0 Å². The number of nitrogens with zero attached hydrogens (tertiary/aromatic N) is 3. The number of hydrogen-bond donors (Lipinski definition) is 0. The van der Waals surface area contributed by atoms with Gasteiger partial charge in [-0.15, -0.1) is 0 Å². The standard InChI is InChI=1S/C19H13Cl2F2N3O/c1-27-13-6-4-11(22)15(18(13)23)19-16-12(5-3-10(20)17(16)21)26-8-2-7-24-14(26)9-25-19/h2-7H,8-9H2,1H3. The molecular weight excluding hydrogens is 395 g/mol. The fraction of sp³-hybridized carbons (Fsp3) is 0.158. The number of benzene rings is 2. The summed E-state index contributed by atoms with van der Waals surface area (Å²) in [6.07, 6.45) is 3.55. The van der Waals surface area contributed by atoms with Crippen LogP contribution in [0.2, 0.25) is 10.0 Å². The molecule has 0 bridgehead atoms. The molecule has 0 amide bonds. The van der Waals surface area contributed by atoms with Crippen LogP contribution in [0.25, 0.3) is 0 Å². The molecule has 8 heteroatoms. The van der Waals surface area contributed by atoms with Crippen LogP contribution in [-0.4, -0.2) is 31.7 Å². The fourth-order valence-corrected chi connectivity index (χ4v) is 3.57. The maximum atomic E-state index is 15.0. The summed E-state index contributed by atoms with van der Waals surface area (Å²) in [4.78, 5) is 10.7.